The summed E-state index contributed by atoms with van der Waals surface area (Å²) in [4.78, 5) is 36.3. The maximum Gasteiger partial charge on any atom is 0.341 e. The van der Waals surface area contributed by atoms with Crippen LogP contribution in [0.4, 0.5) is 5.00 Å². The van der Waals surface area contributed by atoms with Gasteiger partial charge in [0.15, 0.2) is 4.84 Å². The molecule has 122 valence electrons. The normalized spacial score (nSPS) is 10.5. The van der Waals surface area contributed by atoms with Crippen molar-refractivity contribution in [2.45, 2.75) is 18.7 Å². The fourth-order valence-corrected chi connectivity index (χ4v) is 2.95. The van der Waals surface area contributed by atoms with Crippen molar-refractivity contribution in [2.75, 3.05) is 26.0 Å². The predicted molar refractivity (Wildman–Crippen MR) is 87.2 cm³/mol. The van der Waals surface area contributed by atoms with E-state index >= 15 is 0 Å². The maximum absolute atomic E-state index is 12.2. The van der Waals surface area contributed by atoms with Crippen molar-refractivity contribution in [1.82, 2.24) is 4.90 Å². The number of esters is 1. The van der Waals surface area contributed by atoms with Gasteiger partial charge in [0.2, 0.25) is 0 Å². The van der Waals surface area contributed by atoms with Crippen molar-refractivity contribution in [3.05, 3.63) is 16.0 Å². The summed E-state index contributed by atoms with van der Waals surface area (Å²) < 4.78 is 4.97. The monoisotopic (exact) mass is 366 g/mol. The summed E-state index contributed by atoms with van der Waals surface area (Å²) in [6.07, 6.45) is 0. The van der Waals surface area contributed by atoms with Crippen LogP contribution in [0.15, 0.2) is 0 Å². The molecule has 2 amide bonds. The van der Waals surface area contributed by atoms with E-state index in [2.05, 4.69) is 5.32 Å². The standard InChI is InChI=1S/C13H16Cl2N2O4S/c1-5-21-13(20)7-6(2)8(12(19)17(3)4)22-11(7)16-10(18)9(14)15/h9H,5H2,1-4H3,(H,16,18). The van der Waals surface area contributed by atoms with Gasteiger partial charge in [-0.25, -0.2) is 4.79 Å². The van der Waals surface area contributed by atoms with Crippen LogP contribution in [0.5, 0.6) is 0 Å². The minimum absolute atomic E-state index is 0.138. The lowest BCUT2D eigenvalue weighted by atomic mass is 10.1. The molecule has 0 unspecified atom stereocenters. The Balaban J connectivity index is 3.33. The van der Waals surface area contributed by atoms with Gasteiger partial charge in [-0.2, -0.15) is 0 Å². The molecule has 0 radical (unpaired) electrons. The number of nitrogens with one attached hydrogen (secondary N) is 1. The van der Waals surface area contributed by atoms with Gasteiger partial charge in [-0.1, -0.05) is 23.2 Å². The van der Waals surface area contributed by atoms with E-state index in [0.717, 1.165) is 11.3 Å². The Morgan fingerprint density at radius 3 is 2.36 bits per heavy atom. The van der Waals surface area contributed by atoms with Crippen molar-refractivity contribution >= 4 is 57.3 Å². The first-order valence-corrected chi connectivity index (χ1v) is 8.00. The van der Waals surface area contributed by atoms with E-state index in [-0.39, 0.29) is 23.1 Å². The maximum atomic E-state index is 12.2. The van der Waals surface area contributed by atoms with E-state index in [4.69, 9.17) is 27.9 Å². The third kappa shape index (κ3) is 4.12. The first kappa shape index (κ1) is 18.7. The summed E-state index contributed by atoms with van der Waals surface area (Å²) in [5.74, 6) is -1.58. The molecule has 1 rings (SSSR count). The molecule has 0 spiro atoms. The van der Waals surface area contributed by atoms with Crippen molar-refractivity contribution in [3.8, 4) is 0 Å². The smallest absolute Gasteiger partial charge is 0.341 e. The number of carbonyl (C=O) groups excluding carboxylic acids is 3. The summed E-state index contributed by atoms with van der Waals surface area (Å²) in [6.45, 7) is 3.46. The van der Waals surface area contributed by atoms with Crippen molar-refractivity contribution < 1.29 is 19.1 Å². The quantitative estimate of drug-likeness (QED) is 0.641. The average Bonchev–Trinajstić information content (AvgIpc) is 2.74. The lowest BCUT2D eigenvalue weighted by Crippen LogP contribution is -2.21. The topological polar surface area (TPSA) is 75.7 Å². The molecule has 0 aliphatic carbocycles. The number of anilines is 1. The first-order chi connectivity index (χ1) is 10.2. The van der Waals surface area contributed by atoms with Crippen LogP contribution in [0.3, 0.4) is 0 Å². The number of ether oxygens (including phenoxy) is 1. The number of thiophene rings is 1. The van der Waals surface area contributed by atoms with Crippen LogP contribution in [0.25, 0.3) is 0 Å². The summed E-state index contributed by atoms with van der Waals surface area (Å²) in [5.41, 5.74) is 0.581. The average molecular weight is 367 g/mol. The van der Waals surface area contributed by atoms with Gasteiger partial charge in [0.25, 0.3) is 11.8 Å². The van der Waals surface area contributed by atoms with Crippen LogP contribution < -0.4 is 5.32 Å². The molecule has 0 atom stereocenters. The SMILES string of the molecule is CCOC(=O)c1c(NC(=O)C(Cl)Cl)sc(C(=O)N(C)C)c1C. The number of nitrogens with zero attached hydrogens (tertiary/aromatic N) is 1. The van der Waals surface area contributed by atoms with Crippen molar-refractivity contribution in [3.63, 3.8) is 0 Å². The Kier molecular flexibility index (Phi) is 6.65. The first-order valence-electron chi connectivity index (χ1n) is 6.31. The molecule has 0 fully saturated rings. The summed E-state index contributed by atoms with van der Waals surface area (Å²) >= 11 is 12.0. The summed E-state index contributed by atoms with van der Waals surface area (Å²) in [6, 6.07) is 0. The van der Waals surface area contributed by atoms with E-state index in [0.29, 0.717) is 10.4 Å². The minimum Gasteiger partial charge on any atom is -0.462 e. The Morgan fingerprint density at radius 2 is 1.91 bits per heavy atom. The number of rotatable bonds is 5. The highest BCUT2D eigenvalue weighted by Crippen LogP contribution is 2.34. The van der Waals surface area contributed by atoms with Crippen molar-refractivity contribution in [2.24, 2.45) is 0 Å². The zero-order valence-corrected chi connectivity index (χ0v) is 14.9. The molecular formula is C13H16Cl2N2O4S. The van der Waals surface area contributed by atoms with Gasteiger partial charge in [-0.3, -0.25) is 9.59 Å². The lowest BCUT2D eigenvalue weighted by Gasteiger charge is -2.09. The van der Waals surface area contributed by atoms with E-state index in [1.54, 1.807) is 27.9 Å². The zero-order chi connectivity index (χ0) is 17.0. The second kappa shape index (κ2) is 7.80. The highest BCUT2D eigenvalue weighted by atomic mass is 35.5. The van der Waals surface area contributed by atoms with E-state index in [1.165, 1.54) is 4.90 Å². The molecule has 1 aromatic rings. The molecule has 1 heterocycles. The third-order valence-electron chi connectivity index (χ3n) is 2.66. The van der Waals surface area contributed by atoms with Crippen molar-refractivity contribution in [1.29, 1.82) is 0 Å². The molecule has 22 heavy (non-hydrogen) atoms. The highest BCUT2D eigenvalue weighted by molar-refractivity contribution is 7.18. The number of alkyl halides is 2. The second-order valence-corrected chi connectivity index (χ2v) is 6.59. The Hall–Kier alpha value is -1.31. The number of amides is 2. The highest BCUT2D eigenvalue weighted by Gasteiger charge is 2.28. The largest absolute Gasteiger partial charge is 0.462 e. The van der Waals surface area contributed by atoms with Crippen LogP contribution in [-0.4, -0.2) is 48.2 Å². The number of carbonyl (C=O) groups is 3. The van der Waals surface area contributed by atoms with Gasteiger partial charge in [-0.05, 0) is 19.4 Å². The Labute approximate surface area is 142 Å². The van der Waals surface area contributed by atoms with E-state index < -0.39 is 16.7 Å². The van der Waals surface area contributed by atoms with Gasteiger partial charge in [0.05, 0.1) is 17.0 Å². The van der Waals surface area contributed by atoms with Gasteiger partial charge in [-0.15, -0.1) is 11.3 Å². The van der Waals surface area contributed by atoms with Crippen LogP contribution in [0.1, 0.15) is 32.5 Å². The molecule has 0 bridgehead atoms. The van der Waals surface area contributed by atoms with Crippen LogP contribution in [0, 0.1) is 6.92 Å². The van der Waals surface area contributed by atoms with Gasteiger partial charge >= 0.3 is 5.97 Å². The molecular weight excluding hydrogens is 351 g/mol. The molecule has 9 heteroatoms. The number of halogens is 2. The fraction of sp³-hybridized carbons (Fsp3) is 0.462. The summed E-state index contributed by atoms with van der Waals surface area (Å²) in [7, 11) is 3.19. The molecule has 1 N–H and O–H groups in total. The molecule has 0 aromatic carbocycles. The molecule has 0 saturated heterocycles. The molecule has 0 aliphatic heterocycles. The van der Waals surface area contributed by atoms with Crippen LogP contribution >= 0.6 is 34.5 Å². The predicted octanol–water partition coefficient (Wildman–Crippen LogP) is 2.68. The Morgan fingerprint density at radius 1 is 1.32 bits per heavy atom. The zero-order valence-electron chi connectivity index (χ0n) is 12.5. The van der Waals surface area contributed by atoms with E-state index in [9.17, 15) is 14.4 Å². The molecule has 0 aliphatic rings. The second-order valence-electron chi connectivity index (χ2n) is 4.47. The molecule has 0 saturated carbocycles. The lowest BCUT2D eigenvalue weighted by molar-refractivity contribution is -0.114. The number of hydrogen-bond donors (Lipinski definition) is 1. The van der Waals surface area contributed by atoms with Gasteiger partial charge in [0, 0.05) is 14.1 Å². The number of hydrogen-bond acceptors (Lipinski definition) is 5. The third-order valence-corrected chi connectivity index (χ3v) is 4.25. The molecule has 6 nitrogen and oxygen atoms in total. The van der Waals surface area contributed by atoms with Crippen LogP contribution in [-0.2, 0) is 9.53 Å². The fourth-order valence-electron chi connectivity index (χ4n) is 1.62. The van der Waals surface area contributed by atoms with Crippen LogP contribution in [0.2, 0.25) is 0 Å². The Bertz CT molecular complexity index is 599. The van der Waals surface area contributed by atoms with Gasteiger partial charge in [0.1, 0.15) is 5.00 Å². The van der Waals surface area contributed by atoms with E-state index in [1.807, 2.05) is 0 Å². The van der Waals surface area contributed by atoms with Gasteiger partial charge < -0.3 is 15.0 Å². The summed E-state index contributed by atoms with van der Waals surface area (Å²) in [5, 5.41) is 2.64. The molecule has 1 aromatic heterocycles. The minimum atomic E-state index is -1.29.